The molecule has 1 amide bonds. The highest BCUT2D eigenvalue weighted by Gasteiger charge is 2.07. The maximum atomic E-state index is 11.6. The largest absolute Gasteiger partial charge is 0.350 e. The van der Waals surface area contributed by atoms with Crippen LogP contribution < -0.4 is 5.32 Å². The van der Waals surface area contributed by atoms with Gasteiger partial charge in [-0.3, -0.25) is 9.48 Å². The fourth-order valence-corrected chi connectivity index (χ4v) is 2.39. The van der Waals surface area contributed by atoms with Gasteiger partial charge in [-0.05, 0) is 19.9 Å². The highest BCUT2D eigenvalue weighted by atomic mass is 32.1. The molecule has 2 aromatic heterocycles. The third-order valence-corrected chi connectivity index (χ3v) is 3.38. The molecule has 0 radical (unpaired) electrons. The predicted octanol–water partition coefficient (Wildman–Crippen LogP) is 1.27. The second-order valence-electron chi connectivity index (χ2n) is 3.72. The first-order valence-electron chi connectivity index (χ1n) is 5.32. The predicted molar refractivity (Wildman–Crippen MR) is 65.7 cm³/mol. The summed E-state index contributed by atoms with van der Waals surface area (Å²) < 4.78 is 1.60. The van der Waals surface area contributed by atoms with Gasteiger partial charge in [0.05, 0.1) is 17.2 Å². The Morgan fingerprint density at radius 2 is 2.35 bits per heavy atom. The van der Waals surface area contributed by atoms with E-state index < -0.39 is 0 Å². The molecule has 0 aliphatic carbocycles. The summed E-state index contributed by atoms with van der Waals surface area (Å²) in [6, 6.07) is 1.80. The van der Waals surface area contributed by atoms with Gasteiger partial charge in [0.2, 0.25) is 5.91 Å². The minimum Gasteiger partial charge on any atom is -0.350 e. The third kappa shape index (κ3) is 3.13. The Morgan fingerprint density at radius 3 is 2.94 bits per heavy atom. The van der Waals surface area contributed by atoms with E-state index in [-0.39, 0.29) is 12.5 Å². The van der Waals surface area contributed by atoms with Gasteiger partial charge in [0.15, 0.2) is 0 Å². The van der Waals surface area contributed by atoms with Crippen molar-refractivity contribution in [1.29, 1.82) is 0 Å². The normalized spacial score (nSPS) is 10.5. The standard InChI is InChI=1S/C11H14N4OS/c1-8-10(17-9(2)14-8)6-12-11(16)7-15-5-3-4-13-15/h3-5H,6-7H2,1-2H3,(H,12,16). The SMILES string of the molecule is Cc1nc(C)c(CNC(=O)Cn2cccn2)s1. The van der Waals surface area contributed by atoms with E-state index in [9.17, 15) is 4.79 Å². The van der Waals surface area contributed by atoms with Crippen LogP contribution >= 0.6 is 11.3 Å². The molecule has 2 aromatic rings. The molecular formula is C11H14N4OS. The molecule has 2 heterocycles. The van der Waals surface area contributed by atoms with Gasteiger partial charge in [0.1, 0.15) is 6.54 Å². The van der Waals surface area contributed by atoms with Crippen LogP contribution in [0, 0.1) is 13.8 Å². The van der Waals surface area contributed by atoms with Crippen molar-refractivity contribution in [3.63, 3.8) is 0 Å². The van der Waals surface area contributed by atoms with Crippen molar-refractivity contribution in [3.05, 3.63) is 34.0 Å². The van der Waals surface area contributed by atoms with E-state index in [0.717, 1.165) is 15.6 Å². The Hall–Kier alpha value is -1.69. The van der Waals surface area contributed by atoms with Crippen LogP contribution in [0.5, 0.6) is 0 Å². The Labute approximate surface area is 103 Å². The lowest BCUT2D eigenvalue weighted by Gasteiger charge is -2.04. The molecule has 6 heteroatoms. The van der Waals surface area contributed by atoms with Crippen molar-refractivity contribution in [3.8, 4) is 0 Å². The van der Waals surface area contributed by atoms with E-state index in [1.165, 1.54) is 0 Å². The first kappa shape index (κ1) is 11.8. The van der Waals surface area contributed by atoms with Crippen LogP contribution in [-0.2, 0) is 17.9 Å². The zero-order valence-corrected chi connectivity index (χ0v) is 10.6. The molecule has 0 fully saturated rings. The molecule has 0 saturated heterocycles. The molecule has 0 aromatic carbocycles. The van der Waals surface area contributed by atoms with E-state index in [2.05, 4.69) is 15.4 Å². The van der Waals surface area contributed by atoms with E-state index >= 15 is 0 Å². The zero-order chi connectivity index (χ0) is 12.3. The summed E-state index contributed by atoms with van der Waals surface area (Å²) in [7, 11) is 0. The summed E-state index contributed by atoms with van der Waals surface area (Å²) >= 11 is 1.62. The number of hydrogen-bond donors (Lipinski definition) is 1. The highest BCUT2D eigenvalue weighted by molar-refractivity contribution is 7.11. The molecule has 0 bridgehead atoms. The minimum absolute atomic E-state index is 0.0425. The molecule has 90 valence electrons. The van der Waals surface area contributed by atoms with Gasteiger partial charge in [0.25, 0.3) is 0 Å². The molecular weight excluding hydrogens is 236 g/mol. The molecule has 0 aliphatic heterocycles. The van der Waals surface area contributed by atoms with Crippen molar-refractivity contribution in [2.45, 2.75) is 26.9 Å². The quantitative estimate of drug-likeness (QED) is 0.889. The second kappa shape index (κ2) is 5.09. The van der Waals surface area contributed by atoms with Crippen LogP contribution in [0.2, 0.25) is 0 Å². The van der Waals surface area contributed by atoms with Crippen LogP contribution in [0.15, 0.2) is 18.5 Å². The molecule has 0 aliphatic rings. The summed E-state index contributed by atoms with van der Waals surface area (Å²) in [5.74, 6) is -0.0425. The van der Waals surface area contributed by atoms with Gasteiger partial charge < -0.3 is 5.32 Å². The molecule has 5 nitrogen and oxygen atoms in total. The first-order chi connectivity index (χ1) is 8.15. The van der Waals surface area contributed by atoms with Crippen molar-refractivity contribution < 1.29 is 4.79 Å². The molecule has 1 N–H and O–H groups in total. The zero-order valence-electron chi connectivity index (χ0n) is 9.80. The smallest absolute Gasteiger partial charge is 0.242 e. The number of nitrogens with zero attached hydrogens (tertiary/aromatic N) is 3. The number of carbonyl (C=O) groups excluding carboxylic acids is 1. The Bertz CT molecular complexity index is 504. The fraction of sp³-hybridized carbons (Fsp3) is 0.364. The average molecular weight is 250 g/mol. The molecule has 0 atom stereocenters. The fourth-order valence-electron chi connectivity index (χ4n) is 1.51. The average Bonchev–Trinajstić information content (AvgIpc) is 2.86. The molecule has 17 heavy (non-hydrogen) atoms. The Kier molecular flexibility index (Phi) is 3.53. The van der Waals surface area contributed by atoms with Gasteiger partial charge in [-0.2, -0.15) is 5.10 Å². The number of carbonyl (C=O) groups is 1. The van der Waals surface area contributed by atoms with E-state index in [4.69, 9.17) is 0 Å². The summed E-state index contributed by atoms with van der Waals surface area (Å²) in [6.45, 7) is 4.71. The lowest BCUT2D eigenvalue weighted by molar-refractivity contribution is -0.122. The number of nitrogens with one attached hydrogen (secondary N) is 1. The maximum absolute atomic E-state index is 11.6. The summed E-state index contributed by atoms with van der Waals surface area (Å²) in [4.78, 5) is 17.0. The molecule has 0 saturated carbocycles. The van der Waals surface area contributed by atoms with Crippen LogP contribution in [0.25, 0.3) is 0 Å². The number of thiazole rings is 1. The van der Waals surface area contributed by atoms with Crippen molar-refractivity contribution >= 4 is 17.2 Å². The second-order valence-corrected chi connectivity index (χ2v) is 5.01. The van der Waals surface area contributed by atoms with Crippen LogP contribution in [0.4, 0.5) is 0 Å². The minimum atomic E-state index is -0.0425. The Morgan fingerprint density at radius 1 is 1.53 bits per heavy atom. The van der Waals surface area contributed by atoms with Crippen LogP contribution in [-0.4, -0.2) is 20.7 Å². The van der Waals surface area contributed by atoms with E-state index in [0.29, 0.717) is 6.54 Å². The van der Waals surface area contributed by atoms with E-state index in [1.54, 1.807) is 34.5 Å². The topological polar surface area (TPSA) is 59.8 Å². The van der Waals surface area contributed by atoms with Gasteiger partial charge in [-0.25, -0.2) is 4.98 Å². The number of hydrogen-bond acceptors (Lipinski definition) is 4. The maximum Gasteiger partial charge on any atom is 0.242 e. The lowest BCUT2D eigenvalue weighted by Crippen LogP contribution is -2.27. The van der Waals surface area contributed by atoms with E-state index in [1.807, 2.05) is 13.8 Å². The summed E-state index contributed by atoms with van der Waals surface area (Å²) in [5.41, 5.74) is 0.992. The van der Waals surface area contributed by atoms with Crippen molar-refractivity contribution in [2.24, 2.45) is 0 Å². The van der Waals surface area contributed by atoms with Gasteiger partial charge >= 0.3 is 0 Å². The third-order valence-electron chi connectivity index (χ3n) is 2.31. The number of amides is 1. The lowest BCUT2D eigenvalue weighted by atomic mass is 10.4. The summed E-state index contributed by atoms with van der Waals surface area (Å²) in [5, 5.41) is 7.87. The molecule has 2 rings (SSSR count). The van der Waals surface area contributed by atoms with Crippen molar-refractivity contribution in [2.75, 3.05) is 0 Å². The highest BCUT2D eigenvalue weighted by Crippen LogP contribution is 2.16. The first-order valence-corrected chi connectivity index (χ1v) is 6.14. The Balaban J connectivity index is 1.86. The number of aryl methyl sites for hydroxylation is 2. The van der Waals surface area contributed by atoms with Gasteiger partial charge in [0, 0.05) is 17.3 Å². The van der Waals surface area contributed by atoms with Crippen LogP contribution in [0.1, 0.15) is 15.6 Å². The van der Waals surface area contributed by atoms with Crippen molar-refractivity contribution in [1.82, 2.24) is 20.1 Å². The van der Waals surface area contributed by atoms with Gasteiger partial charge in [-0.1, -0.05) is 0 Å². The number of aromatic nitrogens is 3. The molecule has 0 unspecified atom stereocenters. The number of rotatable bonds is 4. The molecule has 0 spiro atoms. The summed E-state index contributed by atoms with van der Waals surface area (Å²) in [6.07, 6.45) is 3.42. The van der Waals surface area contributed by atoms with Crippen LogP contribution in [0.3, 0.4) is 0 Å². The monoisotopic (exact) mass is 250 g/mol. The van der Waals surface area contributed by atoms with Gasteiger partial charge in [-0.15, -0.1) is 11.3 Å².